The molecule has 2 nitrogen and oxygen atoms in total. The van der Waals surface area contributed by atoms with Crippen LogP contribution in [0.1, 0.15) is 18.7 Å². The van der Waals surface area contributed by atoms with E-state index in [2.05, 4.69) is 29.6 Å². The molecular formula is C14H13NOS. The standard InChI is InChI=1S/C14H13NOS/c1-9(15)12-3-4-13(16-12)10-2-5-14-11(8-10)6-7-17-14/h2-9H,15H2,1H3. The van der Waals surface area contributed by atoms with Crippen molar-refractivity contribution in [2.45, 2.75) is 13.0 Å². The van der Waals surface area contributed by atoms with Crippen LogP contribution in [0.4, 0.5) is 0 Å². The summed E-state index contributed by atoms with van der Waals surface area (Å²) in [6.45, 7) is 1.92. The number of benzene rings is 1. The third-order valence-corrected chi connectivity index (χ3v) is 3.71. The van der Waals surface area contributed by atoms with E-state index in [4.69, 9.17) is 10.2 Å². The van der Waals surface area contributed by atoms with E-state index < -0.39 is 0 Å². The van der Waals surface area contributed by atoms with Gasteiger partial charge in [0.15, 0.2) is 0 Å². The number of hydrogen-bond donors (Lipinski definition) is 1. The highest BCUT2D eigenvalue weighted by atomic mass is 32.1. The second-order valence-corrected chi connectivity index (χ2v) is 5.11. The molecule has 2 heterocycles. The van der Waals surface area contributed by atoms with E-state index in [-0.39, 0.29) is 6.04 Å². The summed E-state index contributed by atoms with van der Waals surface area (Å²) in [6, 6.07) is 12.3. The lowest BCUT2D eigenvalue weighted by Gasteiger charge is -2.00. The van der Waals surface area contributed by atoms with Gasteiger partial charge >= 0.3 is 0 Å². The smallest absolute Gasteiger partial charge is 0.134 e. The molecule has 0 amide bonds. The zero-order chi connectivity index (χ0) is 11.8. The summed E-state index contributed by atoms with van der Waals surface area (Å²) >= 11 is 1.75. The zero-order valence-electron chi connectivity index (χ0n) is 9.51. The van der Waals surface area contributed by atoms with Gasteiger partial charge in [0.1, 0.15) is 11.5 Å². The van der Waals surface area contributed by atoms with Gasteiger partial charge in [0.25, 0.3) is 0 Å². The van der Waals surface area contributed by atoms with Crippen LogP contribution >= 0.6 is 11.3 Å². The van der Waals surface area contributed by atoms with Gasteiger partial charge in [-0.05, 0) is 54.1 Å². The third kappa shape index (κ3) is 1.88. The molecule has 0 saturated carbocycles. The van der Waals surface area contributed by atoms with Crippen molar-refractivity contribution in [3.8, 4) is 11.3 Å². The highest BCUT2D eigenvalue weighted by Gasteiger charge is 2.08. The van der Waals surface area contributed by atoms with Gasteiger partial charge in [-0.3, -0.25) is 0 Å². The zero-order valence-corrected chi connectivity index (χ0v) is 10.3. The molecule has 3 aromatic rings. The Morgan fingerprint density at radius 3 is 2.82 bits per heavy atom. The van der Waals surface area contributed by atoms with Crippen molar-refractivity contribution in [3.05, 3.63) is 47.5 Å². The van der Waals surface area contributed by atoms with E-state index in [1.165, 1.54) is 10.1 Å². The summed E-state index contributed by atoms with van der Waals surface area (Å²) in [5.41, 5.74) is 6.89. The summed E-state index contributed by atoms with van der Waals surface area (Å²) < 4.78 is 7.03. The van der Waals surface area contributed by atoms with Gasteiger partial charge in [-0.15, -0.1) is 11.3 Å². The van der Waals surface area contributed by atoms with E-state index in [0.29, 0.717) is 0 Å². The minimum atomic E-state index is -0.0615. The molecule has 0 aliphatic carbocycles. The van der Waals surface area contributed by atoms with Crippen LogP contribution in [-0.2, 0) is 0 Å². The Labute approximate surface area is 104 Å². The van der Waals surface area contributed by atoms with Gasteiger partial charge in [-0.25, -0.2) is 0 Å². The lowest BCUT2D eigenvalue weighted by molar-refractivity contribution is 0.491. The van der Waals surface area contributed by atoms with E-state index >= 15 is 0 Å². The number of furan rings is 1. The number of hydrogen-bond acceptors (Lipinski definition) is 3. The van der Waals surface area contributed by atoms with Gasteiger partial charge in [0.2, 0.25) is 0 Å². The topological polar surface area (TPSA) is 39.2 Å². The van der Waals surface area contributed by atoms with Crippen molar-refractivity contribution in [1.29, 1.82) is 0 Å². The minimum absolute atomic E-state index is 0.0615. The third-order valence-electron chi connectivity index (χ3n) is 2.81. The van der Waals surface area contributed by atoms with Gasteiger partial charge < -0.3 is 10.2 Å². The molecule has 0 radical (unpaired) electrons. The molecule has 0 aliphatic heterocycles. The van der Waals surface area contributed by atoms with Crippen LogP contribution in [0.5, 0.6) is 0 Å². The fraction of sp³-hybridized carbons (Fsp3) is 0.143. The summed E-state index contributed by atoms with van der Waals surface area (Å²) in [6.07, 6.45) is 0. The van der Waals surface area contributed by atoms with E-state index in [1.807, 2.05) is 19.1 Å². The van der Waals surface area contributed by atoms with Gasteiger partial charge in [0, 0.05) is 10.3 Å². The van der Waals surface area contributed by atoms with Crippen molar-refractivity contribution < 1.29 is 4.42 Å². The predicted molar refractivity (Wildman–Crippen MR) is 72.1 cm³/mol. The first-order valence-corrected chi connectivity index (χ1v) is 6.45. The Kier molecular flexibility index (Phi) is 2.50. The molecular weight excluding hydrogens is 230 g/mol. The average Bonchev–Trinajstić information content (AvgIpc) is 2.97. The predicted octanol–water partition coefficient (Wildman–Crippen LogP) is 4.18. The van der Waals surface area contributed by atoms with Crippen LogP contribution in [0.25, 0.3) is 21.4 Å². The number of fused-ring (bicyclic) bond motifs is 1. The van der Waals surface area contributed by atoms with Crippen LogP contribution in [0.15, 0.2) is 46.2 Å². The Morgan fingerprint density at radius 1 is 1.18 bits per heavy atom. The molecule has 3 heteroatoms. The van der Waals surface area contributed by atoms with Gasteiger partial charge in [0.05, 0.1) is 6.04 Å². The monoisotopic (exact) mass is 243 g/mol. The summed E-state index contributed by atoms with van der Waals surface area (Å²) in [5, 5.41) is 3.36. The van der Waals surface area contributed by atoms with E-state index in [1.54, 1.807) is 11.3 Å². The molecule has 2 N–H and O–H groups in total. The highest BCUT2D eigenvalue weighted by molar-refractivity contribution is 7.17. The molecule has 0 spiro atoms. The van der Waals surface area contributed by atoms with Crippen molar-refractivity contribution in [2.24, 2.45) is 5.73 Å². The second kappa shape index (κ2) is 4.02. The molecule has 1 unspecified atom stereocenters. The minimum Gasteiger partial charge on any atom is -0.459 e. The molecule has 0 aliphatic rings. The second-order valence-electron chi connectivity index (χ2n) is 4.16. The molecule has 17 heavy (non-hydrogen) atoms. The van der Waals surface area contributed by atoms with Crippen LogP contribution < -0.4 is 5.73 Å². The van der Waals surface area contributed by atoms with Crippen LogP contribution in [0.3, 0.4) is 0 Å². The Balaban J connectivity index is 2.06. The molecule has 0 bridgehead atoms. The first-order valence-electron chi connectivity index (χ1n) is 5.57. The number of rotatable bonds is 2. The van der Waals surface area contributed by atoms with Crippen LogP contribution in [0.2, 0.25) is 0 Å². The number of nitrogens with two attached hydrogens (primary N) is 1. The van der Waals surface area contributed by atoms with Gasteiger partial charge in [-0.1, -0.05) is 0 Å². The highest BCUT2D eigenvalue weighted by Crippen LogP contribution is 2.29. The molecule has 1 atom stereocenters. The summed E-state index contributed by atoms with van der Waals surface area (Å²) in [7, 11) is 0. The maximum Gasteiger partial charge on any atom is 0.134 e. The van der Waals surface area contributed by atoms with E-state index in [0.717, 1.165) is 17.1 Å². The molecule has 0 fully saturated rings. The fourth-order valence-corrected chi connectivity index (χ4v) is 2.64. The molecule has 0 saturated heterocycles. The largest absolute Gasteiger partial charge is 0.459 e. The van der Waals surface area contributed by atoms with Crippen molar-refractivity contribution in [3.63, 3.8) is 0 Å². The molecule has 86 valence electrons. The van der Waals surface area contributed by atoms with Crippen molar-refractivity contribution >= 4 is 21.4 Å². The summed E-state index contributed by atoms with van der Waals surface area (Å²) in [5.74, 6) is 1.70. The van der Waals surface area contributed by atoms with Crippen LogP contribution in [0, 0.1) is 0 Å². The lowest BCUT2D eigenvalue weighted by Crippen LogP contribution is -2.02. The van der Waals surface area contributed by atoms with Crippen molar-refractivity contribution in [2.75, 3.05) is 0 Å². The Hall–Kier alpha value is -1.58. The lowest BCUT2D eigenvalue weighted by atomic mass is 10.1. The normalized spacial score (nSPS) is 13.1. The SMILES string of the molecule is CC(N)c1ccc(-c2ccc3sccc3c2)o1. The molecule has 1 aromatic carbocycles. The first kappa shape index (κ1) is 10.6. The van der Waals surface area contributed by atoms with Crippen molar-refractivity contribution in [1.82, 2.24) is 0 Å². The number of thiophene rings is 1. The summed E-state index contributed by atoms with van der Waals surface area (Å²) in [4.78, 5) is 0. The average molecular weight is 243 g/mol. The van der Waals surface area contributed by atoms with Gasteiger partial charge in [-0.2, -0.15) is 0 Å². The first-order chi connectivity index (χ1) is 8.24. The maximum atomic E-state index is 5.79. The molecule has 2 aromatic heterocycles. The fourth-order valence-electron chi connectivity index (χ4n) is 1.87. The van der Waals surface area contributed by atoms with E-state index in [9.17, 15) is 0 Å². The van der Waals surface area contributed by atoms with Crippen LogP contribution in [-0.4, -0.2) is 0 Å². The molecule has 3 rings (SSSR count). The Morgan fingerprint density at radius 2 is 2.06 bits per heavy atom. The quantitative estimate of drug-likeness (QED) is 0.733. The Bertz CT molecular complexity index is 651. The maximum absolute atomic E-state index is 5.79.